The maximum absolute atomic E-state index is 13.3. The van der Waals surface area contributed by atoms with Crippen LogP contribution in [0.1, 0.15) is 18.1 Å². The molecule has 4 heteroatoms. The van der Waals surface area contributed by atoms with Crippen LogP contribution < -0.4 is 5.73 Å². The molecule has 2 aromatic carbocycles. The van der Waals surface area contributed by atoms with E-state index >= 15 is 0 Å². The molecule has 0 saturated carbocycles. The average Bonchev–Trinajstić information content (AvgIpc) is 2.26. The highest BCUT2D eigenvalue weighted by Crippen LogP contribution is 2.25. The van der Waals surface area contributed by atoms with E-state index in [0.717, 1.165) is 5.56 Å². The predicted molar refractivity (Wildman–Crippen MR) is 75.7 cm³/mol. The van der Waals surface area contributed by atoms with Gasteiger partial charge in [-0.3, -0.25) is 0 Å². The molecule has 1 atom stereocenters. The van der Waals surface area contributed by atoms with Gasteiger partial charge in [0.1, 0.15) is 11.6 Å². The van der Waals surface area contributed by atoms with Gasteiger partial charge in [0.05, 0.1) is 0 Å². The Balaban J connectivity index is 2.30. The second-order valence-electron chi connectivity index (χ2n) is 4.88. The van der Waals surface area contributed by atoms with Crippen LogP contribution in [0.5, 0.6) is 0 Å². The van der Waals surface area contributed by atoms with Crippen LogP contribution >= 0.6 is 15.9 Å². The highest BCUT2D eigenvalue weighted by atomic mass is 79.9. The lowest BCUT2D eigenvalue weighted by Crippen LogP contribution is -2.35. The van der Waals surface area contributed by atoms with E-state index in [1.807, 2.05) is 6.07 Å². The number of hydrogen-bond acceptors (Lipinski definition) is 1. The van der Waals surface area contributed by atoms with E-state index in [1.54, 1.807) is 19.1 Å². The van der Waals surface area contributed by atoms with Gasteiger partial charge in [0.15, 0.2) is 0 Å². The zero-order valence-electron chi connectivity index (χ0n) is 10.5. The Labute approximate surface area is 119 Å². The molecule has 0 radical (unpaired) electrons. The van der Waals surface area contributed by atoms with E-state index in [-0.39, 0.29) is 11.6 Å². The van der Waals surface area contributed by atoms with Crippen molar-refractivity contribution in [2.45, 2.75) is 18.9 Å². The Morgan fingerprint density at radius 2 is 1.84 bits per heavy atom. The predicted octanol–water partition coefficient (Wildman–Crippen LogP) is 4.14. The molecule has 0 amide bonds. The minimum atomic E-state index is -0.755. The normalized spacial score (nSPS) is 14.2. The molecule has 0 bridgehead atoms. The molecular weight excluding hydrogens is 312 g/mol. The van der Waals surface area contributed by atoms with Gasteiger partial charge in [-0.25, -0.2) is 8.78 Å². The van der Waals surface area contributed by atoms with Crippen molar-refractivity contribution in [2.75, 3.05) is 0 Å². The maximum atomic E-state index is 13.3. The summed E-state index contributed by atoms with van der Waals surface area (Å²) in [7, 11) is 0. The lowest BCUT2D eigenvalue weighted by atomic mass is 9.86. The topological polar surface area (TPSA) is 26.0 Å². The molecule has 100 valence electrons. The molecule has 0 heterocycles. The summed E-state index contributed by atoms with van der Waals surface area (Å²) in [5.74, 6) is -0.644. The Bertz CT molecular complexity index is 576. The summed E-state index contributed by atoms with van der Waals surface area (Å²) >= 11 is 3.25. The molecule has 0 fully saturated rings. The highest BCUT2D eigenvalue weighted by molar-refractivity contribution is 9.10. The van der Waals surface area contributed by atoms with Crippen molar-refractivity contribution in [3.05, 3.63) is 69.7 Å². The monoisotopic (exact) mass is 325 g/mol. The highest BCUT2D eigenvalue weighted by Gasteiger charge is 2.22. The second kappa shape index (κ2) is 5.39. The van der Waals surface area contributed by atoms with Gasteiger partial charge in [-0.05, 0) is 54.8 Å². The molecule has 0 aliphatic carbocycles. The van der Waals surface area contributed by atoms with Gasteiger partial charge >= 0.3 is 0 Å². The van der Waals surface area contributed by atoms with Gasteiger partial charge in [-0.2, -0.15) is 0 Å². The van der Waals surface area contributed by atoms with Gasteiger partial charge in [0.2, 0.25) is 0 Å². The molecule has 0 saturated heterocycles. The SMILES string of the molecule is CC(N)(Cc1cc(F)cc(Br)c1)c1cccc(F)c1. The van der Waals surface area contributed by atoms with Crippen molar-refractivity contribution in [3.63, 3.8) is 0 Å². The summed E-state index contributed by atoms with van der Waals surface area (Å²) in [4.78, 5) is 0. The van der Waals surface area contributed by atoms with Gasteiger partial charge in [0, 0.05) is 10.0 Å². The van der Waals surface area contributed by atoms with Gasteiger partial charge in [0.25, 0.3) is 0 Å². The van der Waals surface area contributed by atoms with Crippen molar-refractivity contribution in [1.82, 2.24) is 0 Å². The van der Waals surface area contributed by atoms with Crippen molar-refractivity contribution in [3.8, 4) is 0 Å². The smallest absolute Gasteiger partial charge is 0.124 e. The molecule has 0 aromatic heterocycles. The Morgan fingerprint density at radius 3 is 2.47 bits per heavy atom. The lowest BCUT2D eigenvalue weighted by Gasteiger charge is -2.25. The van der Waals surface area contributed by atoms with Crippen LogP contribution in [0.15, 0.2) is 46.9 Å². The molecule has 0 spiro atoms. The summed E-state index contributed by atoms with van der Waals surface area (Å²) in [6, 6.07) is 10.8. The largest absolute Gasteiger partial charge is 0.321 e. The van der Waals surface area contributed by atoms with Crippen LogP contribution in [0.2, 0.25) is 0 Å². The zero-order valence-corrected chi connectivity index (χ0v) is 12.0. The van der Waals surface area contributed by atoms with E-state index < -0.39 is 5.54 Å². The van der Waals surface area contributed by atoms with Crippen LogP contribution in [-0.4, -0.2) is 0 Å². The summed E-state index contributed by atoms with van der Waals surface area (Å²) < 4.78 is 27.2. The molecule has 2 rings (SSSR count). The molecule has 1 unspecified atom stereocenters. The summed E-state index contributed by atoms with van der Waals surface area (Å²) in [5.41, 5.74) is 6.93. The third-order valence-electron chi connectivity index (χ3n) is 2.98. The Hall–Kier alpha value is -1.26. The molecule has 0 aliphatic heterocycles. The zero-order chi connectivity index (χ0) is 14.0. The van der Waals surface area contributed by atoms with E-state index in [4.69, 9.17) is 5.73 Å². The second-order valence-corrected chi connectivity index (χ2v) is 5.80. The first-order valence-electron chi connectivity index (χ1n) is 5.87. The number of halogens is 3. The van der Waals surface area contributed by atoms with Gasteiger partial charge < -0.3 is 5.73 Å². The lowest BCUT2D eigenvalue weighted by molar-refractivity contribution is 0.484. The fourth-order valence-electron chi connectivity index (χ4n) is 2.08. The quantitative estimate of drug-likeness (QED) is 0.901. The number of hydrogen-bond donors (Lipinski definition) is 1. The molecule has 19 heavy (non-hydrogen) atoms. The van der Waals surface area contributed by atoms with E-state index in [2.05, 4.69) is 15.9 Å². The van der Waals surface area contributed by atoms with E-state index in [0.29, 0.717) is 16.5 Å². The first-order chi connectivity index (χ1) is 8.87. The van der Waals surface area contributed by atoms with Gasteiger partial charge in [-0.1, -0.05) is 28.1 Å². The first kappa shape index (κ1) is 14.2. The van der Waals surface area contributed by atoms with E-state index in [9.17, 15) is 8.78 Å². The Morgan fingerprint density at radius 1 is 1.11 bits per heavy atom. The standard InChI is InChI=1S/C15H14BrF2N/c1-15(19,11-3-2-4-13(17)7-11)9-10-5-12(16)8-14(18)6-10/h2-8H,9,19H2,1H3. The Kier molecular flexibility index (Phi) is 4.02. The third kappa shape index (κ3) is 3.61. The maximum Gasteiger partial charge on any atom is 0.124 e. The summed E-state index contributed by atoms with van der Waals surface area (Å²) in [5, 5.41) is 0. The third-order valence-corrected chi connectivity index (χ3v) is 3.44. The average molecular weight is 326 g/mol. The summed E-state index contributed by atoms with van der Waals surface area (Å²) in [6.07, 6.45) is 0.423. The molecule has 1 nitrogen and oxygen atoms in total. The number of nitrogens with two attached hydrogens (primary N) is 1. The van der Waals surface area contributed by atoms with Crippen LogP contribution in [-0.2, 0) is 12.0 Å². The fraction of sp³-hybridized carbons (Fsp3) is 0.200. The van der Waals surface area contributed by atoms with Crippen LogP contribution in [0, 0.1) is 11.6 Å². The summed E-state index contributed by atoms with van der Waals surface area (Å²) in [6.45, 7) is 1.81. The first-order valence-corrected chi connectivity index (χ1v) is 6.66. The number of rotatable bonds is 3. The molecule has 0 aliphatic rings. The van der Waals surface area contributed by atoms with Crippen LogP contribution in [0.25, 0.3) is 0 Å². The fourth-order valence-corrected chi connectivity index (χ4v) is 2.60. The molecule has 2 aromatic rings. The number of benzene rings is 2. The van der Waals surface area contributed by atoms with Crippen molar-refractivity contribution in [2.24, 2.45) is 5.73 Å². The van der Waals surface area contributed by atoms with Crippen LogP contribution in [0.4, 0.5) is 8.78 Å². The van der Waals surface area contributed by atoms with E-state index in [1.165, 1.54) is 24.3 Å². The molecular formula is C15H14BrF2N. The van der Waals surface area contributed by atoms with Crippen LogP contribution in [0.3, 0.4) is 0 Å². The van der Waals surface area contributed by atoms with Gasteiger partial charge in [-0.15, -0.1) is 0 Å². The van der Waals surface area contributed by atoms with Crippen molar-refractivity contribution < 1.29 is 8.78 Å². The molecule has 2 N–H and O–H groups in total. The minimum absolute atomic E-state index is 0.320. The van der Waals surface area contributed by atoms with Crippen molar-refractivity contribution in [1.29, 1.82) is 0 Å². The van der Waals surface area contributed by atoms with Crippen molar-refractivity contribution >= 4 is 15.9 Å². The minimum Gasteiger partial charge on any atom is -0.321 e.